The zero-order valence-corrected chi connectivity index (χ0v) is 12.0. The molecule has 0 unspecified atom stereocenters. The predicted molar refractivity (Wildman–Crippen MR) is 79.1 cm³/mol. The van der Waals surface area contributed by atoms with Gasteiger partial charge >= 0.3 is 5.97 Å². The first-order valence-electron chi connectivity index (χ1n) is 7.72. The first-order chi connectivity index (χ1) is 9.67. The van der Waals surface area contributed by atoms with Crippen molar-refractivity contribution in [3.63, 3.8) is 0 Å². The fourth-order valence-corrected chi connectivity index (χ4v) is 3.78. The highest BCUT2D eigenvalue weighted by atomic mass is 16.4. The van der Waals surface area contributed by atoms with Crippen molar-refractivity contribution in [2.75, 3.05) is 19.6 Å². The first kappa shape index (κ1) is 13.6. The van der Waals surface area contributed by atoms with E-state index in [1.54, 1.807) is 12.1 Å². The molecule has 1 aliphatic heterocycles. The predicted octanol–water partition coefficient (Wildman–Crippen LogP) is 3.19. The van der Waals surface area contributed by atoms with E-state index in [4.69, 9.17) is 5.11 Å². The number of carboxylic acids is 1. The number of carbonyl (C=O) groups is 1. The van der Waals surface area contributed by atoms with Gasteiger partial charge in [0, 0.05) is 19.6 Å². The molecule has 20 heavy (non-hydrogen) atoms. The quantitative estimate of drug-likeness (QED) is 0.916. The lowest BCUT2D eigenvalue weighted by Crippen LogP contribution is -2.57. The Morgan fingerprint density at radius 3 is 2.35 bits per heavy atom. The van der Waals surface area contributed by atoms with E-state index in [-0.39, 0.29) is 0 Å². The molecule has 108 valence electrons. The Kier molecular flexibility index (Phi) is 3.79. The van der Waals surface area contributed by atoms with E-state index in [0.29, 0.717) is 11.0 Å². The summed E-state index contributed by atoms with van der Waals surface area (Å²) in [6.45, 7) is 3.66. The van der Waals surface area contributed by atoms with Crippen molar-refractivity contribution >= 4 is 5.97 Å². The minimum atomic E-state index is -0.849. The molecule has 1 N–H and O–H groups in total. The molecule has 3 rings (SSSR count). The number of hydrogen-bond donors (Lipinski definition) is 1. The number of likely N-dealkylation sites (tertiary alicyclic amines) is 1. The summed E-state index contributed by atoms with van der Waals surface area (Å²) in [7, 11) is 0. The van der Waals surface area contributed by atoms with Crippen LogP contribution < -0.4 is 0 Å². The molecule has 3 nitrogen and oxygen atoms in total. The highest BCUT2D eigenvalue weighted by Crippen LogP contribution is 2.43. The van der Waals surface area contributed by atoms with Crippen LogP contribution in [0.1, 0.15) is 48.0 Å². The molecule has 0 aromatic heterocycles. The van der Waals surface area contributed by atoms with Gasteiger partial charge < -0.3 is 10.0 Å². The number of carboxylic acid groups (broad SMARTS) is 1. The molecule has 2 aliphatic rings. The van der Waals surface area contributed by atoms with Crippen molar-refractivity contribution in [1.82, 2.24) is 4.90 Å². The Morgan fingerprint density at radius 1 is 1.10 bits per heavy atom. The molecule has 1 aliphatic carbocycles. The minimum Gasteiger partial charge on any atom is -0.478 e. The van der Waals surface area contributed by atoms with E-state index >= 15 is 0 Å². The van der Waals surface area contributed by atoms with Gasteiger partial charge in [-0.1, -0.05) is 31.4 Å². The molecule has 1 aromatic carbocycles. The number of hydrogen-bond acceptors (Lipinski definition) is 2. The van der Waals surface area contributed by atoms with Crippen LogP contribution in [0.15, 0.2) is 24.3 Å². The molecular formula is C17H23NO2. The molecule has 1 saturated heterocycles. The van der Waals surface area contributed by atoms with Gasteiger partial charge in [-0.15, -0.1) is 0 Å². The Labute approximate surface area is 120 Å². The van der Waals surface area contributed by atoms with Crippen LogP contribution in [0.4, 0.5) is 0 Å². The van der Waals surface area contributed by atoms with Crippen LogP contribution in [0.25, 0.3) is 0 Å². The molecule has 1 spiro atoms. The number of nitrogens with zero attached hydrogens (tertiary/aromatic N) is 1. The standard InChI is InChI=1S/C17H23NO2/c19-16(20)15-6-4-14(5-7-15)8-11-18-12-17(13-18)9-2-1-3-10-17/h4-7H,1-3,8-13H2,(H,19,20). The Balaban J connectivity index is 1.45. The molecule has 1 saturated carbocycles. The van der Waals surface area contributed by atoms with Gasteiger partial charge in [0.2, 0.25) is 0 Å². The van der Waals surface area contributed by atoms with E-state index in [2.05, 4.69) is 4.90 Å². The molecule has 2 fully saturated rings. The van der Waals surface area contributed by atoms with E-state index in [0.717, 1.165) is 13.0 Å². The van der Waals surface area contributed by atoms with E-state index < -0.39 is 5.97 Å². The topological polar surface area (TPSA) is 40.5 Å². The van der Waals surface area contributed by atoms with Crippen LogP contribution in [-0.4, -0.2) is 35.6 Å². The number of rotatable bonds is 4. The highest BCUT2D eigenvalue weighted by molar-refractivity contribution is 5.87. The Bertz CT molecular complexity index is 466. The van der Waals surface area contributed by atoms with Gasteiger partial charge in [-0.2, -0.15) is 0 Å². The molecule has 1 heterocycles. The fraction of sp³-hybridized carbons (Fsp3) is 0.588. The normalized spacial score (nSPS) is 21.6. The summed E-state index contributed by atoms with van der Waals surface area (Å²) in [6, 6.07) is 7.30. The van der Waals surface area contributed by atoms with Gasteiger partial charge in [0.05, 0.1) is 5.56 Å². The maximum atomic E-state index is 10.8. The summed E-state index contributed by atoms with van der Waals surface area (Å²) in [6.07, 6.45) is 8.15. The van der Waals surface area contributed by atoms with Crippen LogP contribution in [-0.2, 0) is 6.42 Å². The molecule has 0 bridgehead atoms. The lowest BCUT2D eigenvalue weighted by Gasteiger charge is -2.52. The molecule has 0 atom stereocenters. The summed E-state index contributed by atoms with van der Waals surface area (Å²) >= 11 is 0. The summed E-state index contributed by atoms with van der Waals surface area (Å²) < 4.78 is 0. The zero-order valence-electron chi connectivity index (χ0n) is 12.0. The lowest BCUT2D eigenvalue weighted by atomic mass is 9.68. The van der Waals surface area contributed by atoms with Gasteiger partial charge in [0.25, 0.3) is 0 Å². The third kappa shape index (κ3) is 2.88. The van der Waals surface area contributed by atoms with E-state index in [1.165, 1.54) is 50.8 Å². The fourth-order valence-electron chi connectivity index (χ4n) is 3.78. The van der Waals surface area contributed by atoms with Crippen molar-refractivity contribution in [2.45, 2.75) is 38.5 Å². The van der Waals surface area contributed by atoms with Crippen molar-refractivity contribution in [2.24, 2.45) is 5.41 Å². The zero-order chi connectivity index (χ0) is 14.0. The maximum Gasteiger partial charge on any atom is 0.335 e. The van der Waals surface area contributed by atoms with Gasteiger partial charge in [0.15, 0.2) is 0 Å². The Hall–Kier alpha value is -1.35. The number of aromatic carboxylic acids is 1. The van der Waals surface area contributed by atoms with Gasteiger partial charge in [-0.3, -0.25) is 0 Å². The summed E-state index contributed by atoms with van der Waals surface area (Å²) in [5.74, 6) is -0.849. The van der Waals surface area contributed by atoms with E-state index in [9.17, 15) is 4.79 Å². The van der Waals surface area contributed by atoms with Crippen LogP contribution >= 0.6 is 0 Å². The smallest absolute Gasteiger partial charge is 0.335 e. The van der Waals surface area contributed by atoms with Crippen molar-refractivity contribution in [3.05, 3.63) is 35.4 Å². The molecule has 0 amide bonds. The summed E-state index contributed by atoms with van der Waals surface area (Å²) in [5.41, 5.74) is 2.27. The molecular weight excluding hydrogens is 250 g/mol. The third-order valence-electron chi connectivity index (χ3n) is 4.95. The largest absolute Gasteiger partial charge is 0.478 e. The first-order valence-corrected chi connectivity index (χ1v) is 7.72. The van der Waals surface area contributed by atoms with Gasteiger partial charge in [-0.05, 0) is 42.4 Å². The third-order valence-corrected chi connectivity index (χ3v) is 4.95. The van der Waals surface area contributed by atoms with Crippen molar-refractivity contribution in [3.8, 4) is 0 Å². The Morgan fingerprint density at radius 2 is 1.75 bits per heavy atom. The van der Waals surface area contributed by atoms with Crippen molar-refractivity contribution in [1.29, 1.82) is 0 Å². The molecule has 0 radical (unpaired) electrons. The highest BCUT2D eigenvalue weighted by Gasteiger charge is 2.42. The molecule has 3 heteroatoms. The number of benzene rings is 1. The molecule has 1 aromatic rings. The average molecular weight is 273 g/mol. The summed E-state index contributed by atoms with van der Waals surface area (Å²) in [5, 5.41) is 8.87. The monoisotopic (exact) mass is 273 g/mol. The van der Waals surface area contributed by atoms with Gasteiger partial charge in [0.1, 0.15) is 0 Å². The second kappa shape index (κ2) is 5.57. The average Bonchev–Trinajstić information content (AvgIpc) is 2.44. The SMILES string of the molecule is O=C(O)c1ccc(CCN2CC3(CCCCC3)C2)cc1. The summed E-state index contributed by atoms with van der Waals surface area (Å²) in [4.78, 5) is 13.3. The van der Waals surface area contributed by atoms with Crippen LogP contribution in [0, 0.1) is 5.41 Å². The minimum absolute atomic E-state index is 0.374. The van der Waals surface area contributed by atoms with Crippen LogP contribution in [0.5, 0.6) is 0 Å². The van der Waals surface area contributed by atoms with Crippen LogP contribution in [0.2, 0.25) is 0 Å². The lowest BCUT2D eigenvalue weighted by molar-refractivity contribution is -0.0268. The van der Waals surface area contributed by atoms with Gasteiger partial charge in [-0.25, -0.2) is 4.79 Å². The van der Waals surface area contributed by atoms with Crippen LogP contribution in [0.3, 0.4) is 0 Å². The van der Waals surface area contributed by atoms with E-state index in [1.807, 2.05) is 12.1 Å². The maximum absolute atomic E-state index is 10.8. The second-order valence-corrected chi connectivity index (χ2v) is 6.52. The second-order valence-electron chi connectivity index (χ2n) is 6.52. The van der Waals surface area contributed by atoms with Crippen molar-refractivity contribution < 1.29 is 9.90 Å².